The molecule has 166 valence electrons. The minimum absolute atomic E-state index is 0. The van der Waals surface area contributed by atoms with Crippen LogP contribution in [-0.2, 0) is 16.0 Å². The Morgan fingerprint density at radius 2 is 1.94 bits per heavy atom. The number of fused-ring (bicyclic) bond motifs is 1. The average molecular weight is 464 g/mol. The second-order valence-electron chi connectivity index (χ2n) is 7.45. The highest BCUT2D eigenvalue weighted by Gasteiger charge is 2.20. The lowest BCUT2D eigenvalue weighted by molar-refractivity contribution is -0.118. The van der Waals surface area contributed by atoms with E-state index in [1.807, 2.05) is 30.3 Å². The predicted octanol–water partition coefficient (Wildman–Crippen LogP) is 4.55. The van der Waals surface area contributed by atoms with Crippen molar-refractivity contribution in [3.05, 3.63) is 59.9 Å². The van der Waals surface area contributed by atoms with Crippen molar-refractivity contribution in [1.82, 2.24) is 9.88 Å². The maximum atomic E-state index is 13.6. The number of anilines is 1. The van der Waals surface area contributed by atoms with Gasteiger partial charge in [-0.3, -0.25) is 14.6 Å². The van der Waals surface area contributed by atoms with E-state index in [-0.39, 0.29) is 24.1 Å². The summed E-state index contributed by atoms with van der Waals surface area (Å²) in [6.07, 6.45) is 1.98. The van der Waals surface area contributed by atoms with E-state index in [1.54, 1.807) is 11.0 Å². The first-order valence-corrected chi connectivity index (χ1v) is 11.2. The first-order chi connectivity index (χ1) is 14.7. The van der Waals surface area contributed by atoms with Crippen LogP contribution >= 0.6 is 23.7 Å². The number of aryl methyl sites for hydroxylation is 1. The summed E-state index contributed by atoms with van der Waals surface area (Å²) in [6.45, 7) is 4.93. The predicted molar refractivity (Wildman–Crippen MR) is 126 cm³/mol. The molecule has 31 heavy (non-hydrogen) atoms. The Morgan fingerprint density at radius 3 is 2.71 bits per heavy atom. The summed E-state index contributed by atoms with van der Waals surface area (Å²) in [5.41, 5.74) is 1.87. The molecule has 0 bridgehead atoms. The number of aromatic nitrogens is 1. The minimum Gasteiger partial charge on any atom is -0.379 e. The molecule has 0 spiro atoms. The van der Waals surface area contributed by atoms with Crippen LogP contribution in [0.25, 0.3) is 10.2 Å². The molecule has 1 aromatic heterocycles. The normalized spacial score (nSPS) is 14.4. The third-order valence-corrected chi connectivity index (χ3v) is 6.34. The first-order valence-electron chi connectivity index (χ1n) is 10.4. The van der Waals surface area contributed by atoms with E-state index < -0.39 is 0 Å². The van der Waals surface area contributed by atoms with E-state index in [0.717, 1.165) is 55.0 Å². The summed E-state index contributed by atoms with van der Waals surface area (Å²) in [6, 6.07) is 14.6. The van der Waals surface area contributed by atoms with Crippen LogP contribution in [-0.4, -0.2) is 55.2 Å². The van der Waals surface area contributed by atoms with Crippen molar-refractivity contribution in [2.45, 2.75) is 19.3 Å². The molecule has 0 N–H and O–H groups in total. The second kappa shape index (κ2) is 11.5. The van der Waals surface area contributed by atoms with Crippen LogP contribution in [0.5, 0.6) is 0 Å². The van der Waals surface area contributed by atoms with Crippen molar-refractivity contribution in [3.63, 3.8) is 0 Å². The minimum atomic E-state index is -0.285. The molecule has 0 radical (unpaired) electrons. The van der Waals surface area contributed by atoms with Gasteiger partial charge < -0.3 is 4.74 Å². The number of amides is 1. The molecule has 1 amide bonds. The lowest BCUT2D eigenvalue weighted by atomic mass is 10.1. The van der Waals surface area contributed by atoms with Gasteiger partial charge in [-0.2, -0.15) is 0 Å². The molecule has 2 heterocycles. The Morgan fingerprint density at radius 1 is 1.16 bits per heavy atom. The van der Waals surface area contributed by atoms with Gasteiger partial charge in [0.15, 0.2) is 5.13 Å². The third kappa shape index (κ3) is 6.46. The van der Waals surface area contributed by atoms with Gasteiger partial charge in [-0.1, -0.05) is 41.7 Å². The Kier molecular flexibility index (Phi) is 8.78. The monoisotopic (exact) mass is 463 g/mol. The van der Waals surface area contributed by atoms with E-state index in [2.05, 4.69) is 9.88 Å². The molecule has 0 aliphatic carbocycles. The molecule has 0 atom stereocenters. The fraction of sp³-hybridized carbons (Fsp3) is 0.391. The van der Waals surface area contributed by atoms with Crippen molar-refractivity contribution < 1.29 is 13.9 Å². The van der Waals surface area contributed by atoms with Gasteiger partial charge in [0.2, 0.25) is 5.91 Å². The maximum absolute atomic E-state index is 13.6. The number of carbonyl (C=O) groups is 1. The summed E-state index contributed by atoms with van der Waals surface area (Å²) < 4.78 is 19.8. The zero-order valence-corrected chi connectivity index (χ0v) is 19.0. The fourth-order valence-electron chi connectivity index (χ4n) is 3.64. The van der Waals surface area contributed by atoms with Crippen molar-refractivity contribution >= 4 is 45.0 Å². The van der Waals surface area contributed by atoms with E-state index in [1.165, 1.54) is 23.5 Å². The summed E-state index contributed by atoms with van der Waals surface area (Å²) in [4.78, 5) is 21.9. The van der Waals surface area contributed by atoms with Crippen molar-refractivity contribution in [1.29, 1.82) is 0 Å². The number of rotatable bonds is 8. The van der Waals surface area contributed by atoms with Crippen molar-refractivity contribution in [2.75, 3.05) is 44.3 Å². The highest BCUT2D eigenvalue weighted by molar-refractivity contribution is 7.22. The molecule has 0 unspecified atom stereocenters. The van der Waals surface area contributed by atoms with Crippen LogP contribution in [0.3, 0.4) is 0 Å². The smallest absolute Gasteiger partial charge is 0.229 e. The number of halogens is 2. The molecule has 1 aliphatic heterocycles. The maximum Gasteiger partial charge on any atom is 0.229 e. The Balaban J connectivity index is 0.00000272. The number of nitrogens with zero attached hydrogens (tertiary/aromatic N) is 3. The Hall–Kier alpha value is -2.06. The molecule has 5 nitrogen and oxygen atoms in total. The third-order valence-electron chi connectivity index (χ3n) is 5.30. The zero-order valence-electron chi connectivity index (χ0n) is 17.3. The fourth-order valence-corrected chi connectivity index (χ4v) is 4.67. The van der Waals surface area contributed by atoms with Gasteiger partial charge in [-0.05, 0) is 36.6 Å². The van der Waals surface area contributed by atoms with E-state index in [0.29, 0.717) is 24.5 Å². The summed E-state index contributed by atoms with van der Waals surface area (Å²) in [7, 11) is 0. The topological polar surface area (TPSA) is 45.7 Å². The van der Waals surface area contributed by atoms with Gasteiger partial charge in [0.05, 0.1) is 23.4 Å². The van der Waals surface area contributed by atoms with Gasteiger partial charge in [0.25, 0.3) is 0 Å². The van der Waals surface area contributed by atoms with Gasteiger partial charge >= 0.3 is 0 Å². The van der Waals surface area contributed by atoms with E-state index in [4.69, 9.17) is 4.74 Å². The highest BCUT2D eigenvalue weighted by Crippen LogP contribution is 2.30. The van der Waals surface area contributed by atoms with E-state index in [9.17, 15) is 9.18 Å². The molecule has 8 heteroatoms. The number of thiazole rings is 1. The number of hydrogen-bond donors (Lipinski definition) is 0. The average Bonchev–Trinajstić information content (AvgIpc) is 3.19. The van der Waals surface area contributed by atoms with Crippen LogP contribution in [0.1, 0.15) is 18.4 Å². The quantitative estimate of drug-likeness (QED) is 0.492. The molecule has 1 fully saturated rings. The van der Waals surface area contributed by atoms with Crippen LogP contribution in [0.2, 0.25) is 0 Å². The molecule has 0 saturated carbocycles. The molecule has 3 aromatic rings. The SMILES string of the molecule is Cl.O=C(CCc1ccccc1)N(CCCN1CCOCC1)c1nc2ccc(F)cc2s1. The number of morpholine rings is 1. The van der Waals surface area contributed by atoms with Gasteiger partial charge in [-0.15, -0.1) is 12.4 Å². The lowest BCUT2D eigenvalue weighted by Crippen LogP contribution is -2.39. The van der Waals surface area contributed by atoms with Crippen LogP contribution in [0, 0.1) is 5.82 Å². The molecule has 2 aromatic carbocycles. The van der Waals surface area contributed by atoms with Gasteiger partial charge in [0, 0.05) is 32.6 Å². The molecular formula is C23H27ClFN3O2S. The van der Waals surface area contributed by atoms with Crippen molar-refractivity contribution in [2.24, 2.45) is 0 Å². The van der Waals surface area contributed by atoms with Crippen LogP contribution < -0.4 is 4.90 Å². The Bertz CT molecular complexity index is 979. The Labute approximate surface area is 192 Å². The first kappa shape index (κ1) is 23.6. The van der Waals surface area contributed by atoms with Gasteiger partial charge in [0.1, 0.15) is 5.82 Å². The number of hydrogen-bond acceptors (Lipinski definition) is 5. The molecule has 1 saturated heterocycles. The van der Waals surface area contributed by atoms with Crippen LogP contribution in [0.4, 0.5) is 9.52 Å². The summed E-state index contributed by atoms with van der Waals surface area (Å²) in [5.74, 6) is -0.229. The number of carbonyl (C=O) groups excluding carboxylic acids is 1. The van der Waals surface area contributed by atoms with Crippen molar-refractivity contribution in [3.8, 4) is 0 Å². The second-order valence-corrected chi connectivity index (χ2v) is 8.46. The summed E-state index contributed by atoms with van der Waals surface area (Å²) >= 11 is 1.38. The zero-order chi connectivity index (χ0) is 20.8. The van der Waals surface area contributed by atoms with Gasteiger partial charge in [-0.25, -0.2) is 9.37 Å². The lowest BCUT2D eigenvalue weighted by Gasteiger charge is -2.27. The highest BCUT2D eigenvalue weighted by atomic mass is 35.5. The number of ether oxygens (including phenoxy) is 1. The molecule has 4 rings (SSSR count). The largest absolute Gasteiger partial charge is 0.379 e. The van der Waals surface area contributed by atoms with Crippen LogP contribution in [0.15, 0.2) is 48.5 Å². The standard InChI is InChI=1S/C23H26FN3O2S.ClH/c24-19-8-9-20-21(17-19)30-23(25-20)27(12-4-11-26-13-15-29-16-14-26)22(28)10-7-18-5-2-1-3-6-18;/h1-3,5-6,8-9,17H,4,7,10-16H2;1H. The molecular weight excluding hydrogens is 437 g/mol. The van der Waals surface area contributed by atoms with E-state index >= 15 is 0 Å². The summed E-state index contributed by atoms with van der Waals surface area (Å²) in [5, 5.41) is 0.649. The molecule has 1 aliphatic rings. The number of benzene rings is 2.